The van der Waals surface area contributed by atoms with Crippen molar-refractivity contribution in [3.8, 4) is 5.75 Å². The highest BCUT2D eigenvalue weighted by Gasteiger charge is 2.54. The van der Waals surface area contributed by atoms with E-state index in [0.717, 1.165) is 5.56 Å². The van der Waals surface area contributed by atoms with Gasteiger partial charge in [-0.05, 0) is 56.2 Å². The second kappa shape index (κ2) is 16.8. The molecule has 0 bridgehead atoms. The van der Waals surface area contributed by atoms with Gasteiger partial charge in [-0.25, -0.2) is 4.79 Å². The van der Waals surface area contributed by atoms with Crippen LogP contribution >= 0.6 is 70.1 Å². The van der Waals surface area contributed by atoms with Crippen LogP contribution in [0.1, 0.15) is 26.3 Å². The van der Waals surface area contributed by atoms with Gasteiger partial charge in [-0.2, -0.15) is 0 Å². The van der Waals surface area contributed by atoms with Crippen LogP contribution in [-0.4, -0.2) is 75.9 Å². The topological polar surface area (TPSA) is 111 Å². The van der Waals surface area contributed by atoms with Crippen molar-refractivity contribution >= 4 is 93.8 Å². The van der Waals surface area contributed by atoms with E-state index in [2.05, 4.69) is 5.32 Å². The molecule has 9 nitrogen and oxygen atoms in total. The van der Waals surface area contributed by atoms with Crippen molar-refractivity contribution in [3.63, 3.8) is 0 Å². The van der Waals surface area contributed by atoms with Gasteiger partial charge in [0.15, 0.2) is 0 Å². The Bertz CT molecular complexity index is 1580. The lowest BCUT2D eigenvalue weighted by atomic mass is 10.0. The van der Waals surface area contributed by atoms with Crippen molar-refractivity contribution < 1.29 is 33.4 Å². The lowest BCUT2D eigenvalue weighted by molar-refractivity contribution is -0.153. The first-order valence-electron chi connectivity index (χ1n) is 14.3. The van der Waals surface area contributed by atoms with Crippen LogP contribution in [-0.2, 0) is 35.3 Å². The van der Waals surface area contributed by atoms with Crippen LogP contribution in [0.25, 0.3) is 0 Å². The average Bonchev–Trinajstić information content (AvgIpc) is 3.03. The maximum atomic E-state index is 13.3. The number of benzene rings is 2. The van der Waals surface area contributed by atoms with Crippen LogP contribution in [0.3, 0.4) is 0 Å². The third-order valence-corrected chi connectivity index (χ3v) is 11.0. The van der Waals surface area contributed by atoms with Gasteiger partial charge in [-0.15, -0.1) is 46.9 Å². The molecule has 0 unspecified atom stereocenters. The van der Waals surface area contributed by atoms with E-state index in [0.29, 0.717) is 36.9 Å². The molecule has 252 valence electrons. The first-order valence-corrected chi connectivity index (χ1v) is 18.6. The summed E-state index contributed by atoms with van der Waals surface area (Å²) in [5.41, 5.74) is 0.915. The van der Waals surface area contributed by atoms with Crippen LogP contribution in [0.5, 0.6) is 5.75 Å². The van der Waals surface area contributed by atoms with Crippen molar-refractivity contribution in [1.29, 1.82) is 0 Å². The van der Waals surface area contributed by atoms with Crippen LogP contribution < -0.4 is 10.1 Å². The van der Waals surface area contributed by atoms with Gasteiger partial charge in [0.25, 0.3) is 5.91 Å². The molecule has 0 radical (unpaired) electrons. The standard InChI is InChI=1S/C32H33Cl3N2O7S3/c1-32(2,3)44-26(39)17-46-24-13-21(34)23(12-22(24)35)45-16-25(38)36-27-29(40)37-28(19(6-5-11-33)15-47-30(27)37)31(41)43-14-18-7-9-20(42-4)10-8-18/h5-10,12-13,27,30H,11,14-17H2,1-4H3,(H,36,38)/b6-5-/t27-,30-/m1/s1. The largest absolute Gasteiger partial charge is 0.497 e. The monoisotopic (exact) mass is 758 g/mol. The quantitative estimate of drug-likeness (QED) is 0.102. The summed E-state index contributed by atoms with van der Waals surface area (Å²) in [4.78, 5) is 54.2. The molecule has 2 amide bonds. The minimum Gasteiger partial charge on any atom is -0.497 e. The molecule has 0 aromatic heterocycles. The minimum atomic E-state index is -0.818. The highest BCUT2D eigenvalue weighted by atomic mass is 35.5. The normalized spacial score (nSPS) is 17.7. The van der Waals surface area contributed by atoms with Gasteiger partial charge in [0.1, 0.15) is 35.1 Å². The minimum absolute atomic E-state index is 0.00599. The van der Waals surface area contributed by atoms with Crippen LogP contribution in [0, 0.1) is 0 Å². The predicted octanol–water partition coefficient (Wildman–Crippen LogP) is 6.72. The summed E-state index contributed by atoms with van der Waals surface area (Å²) >= 11 is 22.5. The Kier molecular flexibility index (Phi) is 13.3. The van der Waals surface area contributed by atoms with E-state index >= 15 is 0 Å². The molecule has 1 saturated heterocycles. The van der Waals surface area contributed by atoms with Crippen molar-refractivity contribution in [1.82, 2.24) is 10.2 Å². The number of ether oxygens (including phenoxy) is 3. The SMILES string of the molecule is COc1ccc(COC(=O)C2=C(/C=C\CCl)CS[C@@H]3[C@H](NC(=O)CSc4cc(Cl)c(SCC(=O)OC(C)(C)C)cc4Cl)C(=O)N23)cc1. The number of alkyl halides is 1. The Morgan fingerprint density at radius 3 is 2.30 bits per heavy atom. The number of fused-ring (bicyclic) bond motifs is 1. The second-order valence-corrected chi connectivity index (χ2v) is 15.4. The molecule has 0 spiro atoms. The third-order valence-electron chi connectivity index (χ3n) is 6.56. The average molecular weight is 760 g/mol. The van der Waals surface area contributed by atoms with Gasteiger partial charge < -0.3 is 19.5 Å². The molecule has 0 saturated carbocycles. The first-order chi connectivity index (χ1) is 22.3. The Morgan fingerprint density at radius 1 is 1.06 bits per heavy atom. The smallest absolute Gasteiger partial charge is 0.355 e. The van der Waals surface area contributed by atoms with Gasteiger partial charge in [0.2, 0.25) is 5.91 Å². The van der Waals surface area contributed by atoms with Crippen molar-refractivity contribution in [2.75, 3.05) is 30.2 Å². The van der Waals surface area contributed by atoms with E-state index in [1.54, 1.807) is 76.4 Å². The summed E-state index contributed by atoms with van der Waals surface area (Å²) in [7, 11) is 1.57. The van der Waals surface area contributed by atoms with Crippen LogP contribution in [0.4, 0.5) is 0 Å². The van der Waals surface area contributed by atoms with Gasteiger partial charge in [0, 0.05) is 21.4 Å². The fraction of sp³-hybridized carbons (Fsp3) is 0.375. The molecule has 2 aliphatic rings. The Hall–Kier alpha value is -2.48. The van der Waals surface area contributed by atoms with Gasteiger partial charge in [-0.1, -0.05) is 47.5 Å². The number of esters is 2. The molecule has 1 N–H and O–H groups in total. The number of rotatable bonds is 13. The first kappa shape index (κ1) is 37.3. The highest BCUT2D eigenvalue weighted by molar-refractivity contribution is 8.00. The van der Waals surface area contributed by atoms with Gasteiger partial charge in [-0.3, -0.25) is 19.3 Å². The summed E-state index contributed by atoms with van der Waals surface area (Å²) in [5.74, 6) is -0.452. The molecule has 2 atom stereocenters. The number of thioether (sulfide) groups is 3. The van der Waals surface area contributed by atoms with Crippen molar-refractivity contribution in [2.24, 2.45) is 0 Å². The molecule has 2 aliphatic heterocycles. The van der Waals surface area contributed by atoms with Gasteiger partial charge in [0.05, 0.1) is 28.7 Å². The highest BCUT2D eigenvalue weighted by Crippen LogP contribution is 2.42. The fourth-order valence-electron chi connectivity index (χ4n) is 4.48. The number of β-lactam (4-membered cyclic amide) rings is 1. The van der Waals surface area contributed by atoms with E-state index in [-0.39, 0.29) is 41.6 Å². The summed E-state index contributed by atoms with van der Waals surface area (Å²) in [6, 6.07) is 9.56. The summed E-state index contributed by atoms with van der Waals surface area (Å²) < 4.78 is 16.1. The van der Waals surface area contributed by atoms with Crippen LogP contribution in [0.15, 0.2) is 69.6 Å². The number of allylic oxidation sites excluding steroid dienone is 2. The number of halogens is 3. The van der Waals surface area contributed by atoms with Gasteiger partial charge >= 0.3 is 11.9 Å². The van der Waals surface area contributed by atoms with E-state index in [9.17, 15) is 19.2 Å². The number of nitrogens with one attached hydrogen (secondary N) is 1. The lowest BCUT2D eigenvalue weighted by Crippen LogP contribution is -2.70. The molecule has 47 heavy (non-hydrogen) atoms. The Balaban J connectivity index is 1.35. The molecular weight excluding hydrogens is 727 g/mol. The molecule has 2 aromatic rings. The van der Waals surface area contributed by atoms with Crippen LogP contribution in [0.2, 0.25) is 10.0 Å². The zero-order chi connectivity index (χ0) is 34.3. The molecule has 1 fully saturated rings. The van der Waals surface area contributed by atoms with Crippen molar-refractivity contribution in [2.45, 2.75) is 54.2 Å². The maximum Gasteiger partial charge on any atom is 0.355 e. The molecule has 0 aliphatic carbocycles. The Labute approximate surface area is 301 Å². The number of methoxy groups -OCH3 is 1. The zero-order valence-electron chi connectivity index (χ0n) is 26.0. The van der Waals surface area contributed by atoms with E-state index in [1.165, 1.54) is 40.2 Å². The fourth-order valence-corrected chi connectivity index (χ4v) is 8.17. The zero-order valence-corrected chi connectivity index (χ0v) is 30.7. The number of carbonyl (C=O) groups is 4. The van der Waals surface area contributed by atoms with E-state index < -0.39 is 28.9 Å². The molecule has 4 rings (SSSR count). The number of hydrogen-bond donors (Lipinski definition) is 1. The number of nitrogens with zero attached hydrogens (tertiary/aromatic N) is 1. The molecular formula is C32H33Cl3N2O7S3. The second-order valence-electron chi connectivity index (χ2n) is 11.2. The number of hydrogen-bond acceptors (Lipinski definition) is 10. The van der Waals surface area contributed by atoms with E-state index in [4.69, 9.17) is 49.0 Å². The lowest BCUT2D eigenvalue weighted by Gasteiger charge is -2.49. The Morgan fingerprint density at radius 2 is 1.70 bits per heavy atom. The summed E-state index contributed by atoms with van der Waals surface area (Å²) in [6.45, 7) is 5.38. The maximum absolute atomic E-state index is 13.3. The molecule has 15 heteroatoms. The number of carbonyl (C=O) groups excluding carboxylic acids is 4. The number of amides is 2. The van der Waals surface area contributed by atoms with Crippen molar-refractivity contribution in [3.05, 3.63) is 75.4 Å². The predicted molar refractivity (Wildman–Crippen MR) is 188 cm³/mol. The molecule has 2 aromatic carbocycles. The van der Waals surface area contributed by atoms with E-state index in [1.807, 2.05) is 0 Å². The summed E-state index contributed by atoms with van der Waals surface area (Å²) in [5, 5.41) is 3.06. The summed E-state index contributed by atoms with van der Waals surface area (Å²) in [6.07, 6.45) is 3.41. The third kappa shape index (κ3) is 10.0. The molecule has 2 heterocycles.